The molecule has 0 spiro atoms. The van der Waals surface area contributed by atoms with Crippen LogP contribution in [0, 0.1) is 5.92 Å². The van der Waals surface area contributed by atoms with E-state index < -0.39 is 0 Å². The van der Waals surface area contributed by atoms with Crippen molar-refractivity contribution in [2.45, 2.75) is 27.2 Å². The molecule has 7 heteroatoms. The van der Waals surface area contributed by atoms with Crippen LogP contribution in [-0.4, -0.2) is 22.0 Å². The predicted octanol–water partition coefficient (Wildman–Crippen LogP) is 2.95. The van der Waals surface area contributed by atoms with E-state index in [9.17, 15) is 9.59 Å². The number of hydrogen-bond acceptors (Lipinski definition) is 5. The van der Waals surface area contributed by atoms with Crippen LogP contribution in [0.5, 0.6) is 0 Å². The van der Waals surface area contributed by atoms with E-state index in [1.54, 1.807) is 24.3 Å². The number of nitrogens with zero attached hydrogens (tertiary/aromatic N) is 2. The Balaban J connectivity index is 1.99. The minimum absolute atomic E-state index is 0.149. The fourth-order valence-electron chi connectivity index (χ4n) is 1.81. The number of carbonyl (C=O) groups excluding carboxylic acids is 2. The number of carbonyl (C=O) groups is 2. The summed E-state index contributed by atoms with van der Waals surface area (Å²) in [6, 6.07) is 6.66. The molecule has 0 aliphatic carbocycles. The average Bonchev–Trinajstić information content (AvgIpc) is 2.85. The maximum absolute atomic E-state index is 12.1. The molecule has 0 radical (unpaired) electrons. The number of nitrogens with one attached hydrogen (secondary N) is 2. The Morgan fingerprint density at radius 3 is 2.41 bits per heavy atom. The molecular formula is C15H18N4O2S. The van der Waals surface area contributed by atoms with Crippen molar-refractivity contribution in [1.29, 1.82) is 0 Å². The zero-order valence-corrected chi connectivity index (χ0v) is 13.5. The quantitative estimate of drug-likeness (QED) is 0.887. The van der Waals surface area contributed by atoms with Crippen molar-refractivity contribution in [3.8, 4) is 0 Å². The second-order valence-electron chi connectivity index (χ2n) is 5.31. The first kappa shape index (κ1) is 16.1. The fourth-order valence-corrected chi connectivity index (χ4v) is 2.76. The molecule has 0 unspecified atom stereocenters. The maximum Gasteiger partial charge on any atom is 0.257 e. The largest absolute Gasteiger partial charge is 0.326 e. The van der Waals surface area contributed by atoms with E-state index in [0.717, 1.165) is 11.4 Å². The molecule has 2 amide bonds. The van der Waals surface area contributed by atoms with E-state index in [2.05, 4.69) is 34.7 Å². The normalized spacial score (nSPS) is 10.5. The molecule has 2 aromatic rings. The number of amides is 2. The van der Waals surface area contributed by atoms with Crippen LogP contribution in [0.25, 0.3) is 0 Å². The molecule has 22 heavy (non-hydrogen) atoms. The molecule has 0 atom stereocenters. The van der Waals surface area contributed by atoms with Crippen molar-refractivity contribution in [2.24, 2.45) is 5.92 Å². The smallest absolute Gasteiger partial charge is 0.257 e. The van der Waals surface area contributed by atoms with E-state index in [1.807, 2.05) is 0 Å². The lowest BCUT2D eigenvalue weighted by atomic mass is 10.1. The third-order valence-electron chi connectivity index (χ3n) is 2.74. The summed E-state index contributed by atoms with van der Waals surface area (Å²) < 4.78 is 0. The molecule has 0 bridgehead atoms. The summed E-state index contributed by atoms with van der Waals surface area (Å²) >= 11 is 1.38. The summed E-state index contributed by atoms with van der Waals surface area (Å²) in [6.45, 7) is 5.65. The number of rotatable bonds is 5. The molecule has 6 nitrogen and oxygen atoms in total. The number of anilines is 2. The highest BCUT2D eigenvalue weighted by molar-refractivity contribution is 7.15. The topological polar surface area (TPSA) is 84.0 Å². The second kappa shape index (κ2) is 7.13. The number of benzene rings is 1. The van der Waals surface area contributed by atoms with Crippen molar-refractivity contribution < 1.29 is 9.59 Å². The standard InChI is InChI=1S/C15H18N4O2S/c1-9(2)8-13-18-19-15(22-13)17-14(21)11-4-6-12(7-5-11)16-10(3)20/h4-7,9H,8H2,1-3H3,(H,16,20)(H,17,19,21). The van der Waals surface area contributed by atoms with Gasteiger partial charge in [0.15, 0.2) is 0 Å². The molecular weight excluding hydrogens is 300 g/mol. The summed E-state index contributed by atoms with van der Waals surface area (Å²) in [5.41, 5.74) is 1.15. The first-order valence-corrected chi connectivity index (χ1v) is 7.77. The lowest BCUT2D eigenvalue weighted by molar-refractivity contribution is -0.114. The first-order chi connectivity index (χ1) is 10.4. The lowest BCUT2D eigenvalue weighted by Crippen LogP contribution is -2.12. The lowest BCUT2D eigenvalue weighted by Gasteiger charge is -2.04. The molecule has 0 saturated heterocycles. The zero-order valence-electron chi connectivity index (χ0n) is 12.7. The molecule has 0 fully saturated rings. The summed E-state index contributed by atoms with van der Waals surface area (Å²) in [7, 11) is 0. The van der Waals surface area contributed by atoms with Gasteiger partial charge in [0, 0.05) is 24.6 Å². The van der Waals surface area contributed by atoms with Gasteiger partial charge in [-0.1, -0.05) is 25.2 Å². The fraction of sp³-hybridized carbons (Fsp3) is 0.333. The predicted molar refractivity (Wildman–Crippen MR) is 87.1 cm³/mol. The van der Waals surface area contributed by atoms with E-state index in [0.29, 0.717) is 22.3 Å². The summed E-state index contributed by atoms with van der Waals surface area (Å²) in [6.07, 6.45) is 0.846. The molecule has 2 N–H and O–H groups in total. The van der Waals surface area contributed by atoms with Gasteiger partial charge in [-0.25, -0.2) is 0 Å². The van der Waals surface area contributed by atoms with E-state index in [-0.39, 0.29) is 11.8 Å². The first-order valence-electron chi connectivity index (χ1n) is 6.95. The summed E-state index contributed by atoms with van der Waals surface area (Å²) in [4.78, 5) is 23.1. The third kappa shape index (κ3) is 4.63. The SMILES string of the molecule is CC(=O)Nc1ccc(C(=O)Nc2nnc(CC(C)C)s2)cc1. The Kier molecular flexibility index (Phi) is 5.21. The summed E-state index contributed by atoms with van der Waals surface area (Å²) in [5, 5.41) is 14.8. The van der Waals surface area contributed by atoms with E-state index >= 15 is 0 Å². The Morgan fingerprint density at radius 2 is 1.82 bits per heavy atom. The third-order valence-corrected chi connectivity index (χ3v) is 3.60. The number of aromatic nitrogens is 2. The Morgan fingerprint density at radius 1 is 1.14 bits per heavy atom. The van der Waals surface area contributed by atoms with Crippen LogP contribution in [0.2, 0.25) is 0 Å². The molecule has 1 aromatic carbocycles. The highest BCUT2D eigenvalue weighted by atomic mass is 32.1. The second-order valence-corrected chi connectivity index (χ2v) is 6.37. The molecule has 2 rings (SSSR count). The molecule has 1 aromatic heterocycles. The molecule has 1 heterocycles. The minimum atomic E-state index is -0.248. The maximum atomic E-state index is 12.1. The molecule has 0 aliphatic heterocycles. The van der Waals surface area contributed by atoms with Crippen molar-refractivity contribution in [1.82, 2.24) is 10.2 Å². The van der Waals surface area contributed by atoms with Crippen LogP contribution in [0.15, 0.2) is 24.3 Å². The van der Waals surface area contributed by atoms with Crippen molar-refractivity contribution in [2.75, 3.05) is 10.6 Å². The van der Waals surface area contributed by atoms with Crippen LogP contribution >= 0.6 is 11.3 Å². The molecule has 0 saturated carbocycles. The average molecular weight is 318 g/mol. The van der Waals surface area contributed by atoms with Crippen molar-refractivity contribution in [3.05, 3.63) is 34.8 Å². The van der Waals surface area contributed by atoms with Crippen LogP contribution in [0.1, 0.15) is 36.1 Å². The highest BCUT2D eigenvalue weighted by Gasteiger charge is 2.11. The van der Waals surface area contributed by atoms with Gasteiger partial charge in [-0.15, -0.1) is 10.2 Å². The Labute approximate surface area is 133 Å². The van der Waals surface area contributed by atoms with Gasteiger partial charge in [0.2, 0.25) is 11.0 Å². The van der Waals surface area contributed by atoms with Gasteiger partial charge in [0.05, 0.1) is 0 Å². The van der Waals surface area contributed by atoms with Gasteiger partial charge in [-0.3, -0.25) is 14.9 Å². The Bertz CT molecular complexity index is 664. The van der Waals surface area contributed by atoms with Crippen LogP contribution in [0.3, 0.4) is 0 Å². The zero-order chi connectivity index (χ0) is 16.1. The Hall–Kier alpha value is -2.28. The monoisotopic (exact) mass is 318 g/mol. The van der Waals surface area contributed by atoms with Crippen molar-refractivity contribution in [3.63, 3.8) is 0 Å². The highest BCUT2D eigenvalue weighted by Crippen LogP contribution is 2.19. The van der Waals surface area contributed by atoms with Gasteiger partial charge < -0.3 is 5.32 Å². The minimum Gasteiger partial charge on any atom is -0.326 e. The van der Waals surface area contributed by atoms with Crippen LogP contribution in [-0.2, 0) is 11.2 Å². The van der Waals surface area contributed by atoms with Gasteiger partial charge in [0.1, 0.15) is 5.01 Å². The van der Waals surface area contributed by atoms with Crippen LogP contribution < -0.4 is 10.6 Å². The van der Waals surface area contributed by atoms with E-state index in [1.165, 1.54) is 18.3 Å². The van der Waals surface area contributed by atoms with Gasteiger partial charge in [0.25, 0.3) is 5.91 Å². The van der Waals surface area contributed by atoms with Gasteiger partial charge in [-0.05, 0) is 30.2 Å². The van der Waals surface area contributed by atoms with Crippen molar-refractivity contribution >= 4 is 34.0 Å². The molecule has 116 valence electrons. The van der Waals surface area contributed by atoms with Gasteiger partial charge >= 0.3 is 0 Å². The number of hydrogen-bond donors (Lipinski definition) is 2. The van der Waals surface area contributed by atoms with E-state index in [4.69, 9.17) is 0 Å². The summed E-state index contributed by atoms with van der Waals surface area (Å²) in [5.74, 6) is 0.100. The van der Waals surface area contributed by atoms with Crippen LogP contribution in [0.4, 0.5) is 10.8 Å². The molecule has 0 aliphatic rings. The van der Waals surface area contributed by atoms with Gasteiger partial charge in [-0.2, -0.15) is 0 Å².